The zero-order chi connectivity index (χ0) is 11.2. The van der Waals surface area contributed by atoms with Crippen molar-refractivity contribution in [1.29, 1.82) is 0 Å². The van der Waals surface area contributed by atoms with Crippen LogP contribution in [0.1, 0.15) is 12.2 Å². The van der Waals surface area contributed by atoms with E-state index < -0.39 is 0 Å². The summed E-state index contributed by atoms with van der Waals surface area (Å²) in [6.45, 7) is 0.664. The molecule has 2 N–H and O–H groups in total. The maximum absolute atomic E-state index is 5.46. The molecule has 2 rings (SSSR count). The van der Waals surface area contributed by atoms with Gasteiger partial charge in [-0.3, -0.25) is 4.98 Å². The third kappa shape index (κ3) is 2.61. The highest BCUT2D eigenvalue weighted by Gasteiger charge is 2.02. The topological polar surface area (TPSA) is 64.7 Å². The maximum Gasteiger partial charge on any atom is 0.129 e. The molecule has 2 aromatic heterocycles. The first kappa shape index (κ1) is 10.7. The average molecular weight is 214 g/mol. The first-order chi connectivity index (χ1) is 7.90. The number of pyridine rings is 1. The minimum absolute atomic E-state index is 0.664. The van der Waals surface area contributed by atoms with E-state index in [0.717, 1.165) is 30.1 Å². The summed E-state index contributed by atoms with van der Waals surface area (Å²) in [4.78, 5) is 12.9. The first-order valence-corrected chi connectivity index (χ1v) is 5.33. The number of rotatable bonds is 4. The fourth-order valence-corrected chi connectivity index (χ4v) is 1.44. The molecule has 0 spiro atoms. The molecule has 0 atom stereocenters. The molecule has 16 heavy (non-hydrogen) atoms. The largest absolute Gasteiger partial charge is 0.330 e. The Morgan fingerprint density at radius 3 is 2.69 bits per heavy atom. The lowest BCUT2D eigenvalue weighted by atomic mass is 10.2. The van der Waals surface area contributed by atoms with E-state index in [1.54, 1.807) is 12.4 Å². The fraction of sp³-hybridized carbons (Fsp3) is 0.250. The molecular formula is C12H14N4. The SMILES string of the molecule is NCCCc1nccc(-c2ccccn2)n1. The van der Waals surface area contributed by atoms with Crippen LogP contribution in [-0.2, 0) is 6.42 Å². The van der Waals surface area contributed by atoms with Crippen LogP contribution < -0.4 is 5.73 Å². The van der Waals surface area contributed by atoms with Crippen LogP contribution >= 0.6 is 0 Å². The van der Waals surface area contributed by atoms with Gasteiger partial charge in [-0.05, 0) is 31.2 Å². The molecule has 4 heteroatoms. The smallest absolute Gasteiger partial charge is 0.129 e. The minimum atomic E-state index is 0.664. The predicted octanol–water partition coefficient (Wildman–Crippen LogP) is 1.43. The molecule has 0 aromatic carbocycles. The van der Waals surface area contributed by atoms with Crippen LogP contribution in [0.5, 0.6) is 0 Å². The Kier molecular flexibility index (Phi) is 3.56. The lowest BCUT2D eigenvalue weighted by Gasteiger charge is -2.02. The Morgan fingerprint density at radius 1 is 1.00 bits per heavy atom. The van der Waals surface area contributed by atoms with E-state index in [9.17, 15) is 0 Å². The van der Waals surface area contributed by atoms with Crippen molar-refractivity contribution in [1.82, 2.24) is 15.0 Å². The Balaban J connectivity index is 2.22. The summed E-state index contributed by atoms with van der Waals surface area (Å²) >= 11 is 0. The Hall–Kier alpha value is -1.81. The van der Waals surface area contributed by atoms with Gasteiger partial charge in [-0.1, -0.05) is 6.07 Å². The highest BCUT2D eigenvalue weighted by Crippen LogP contribution is 2.12. The van der Waals surface area contributed by atoms with E-state index in [4.69, 9.17) is 5.73 Å². The molecule has 4 nitrogen and oxygen atoms in total. The molecule has 0 saturated heterocycles. The summed E-state index contributed by atoms with van der Waals surface area (Å²) in [7, 11) is 0. The van der Waals surface area contributed by atoms with Gasteiger partial charge in [0.05, 0.1) is 11.4 Å². The second kappa shape index (κ2) is 5.32. The van der Waals surface area contributed by atoms with Crippen LogP contribution in [0.3, 0.4) is 0 Å². The third-order valence-electron chi connectivity index (χ3n) is 2.24. The van der Waals surface area contributed by atoms with Crippen molar-refractivity contribution in [2.24, 2.45) is 5.73 Å². The van der Waals surface area contributed by atoms with Crippen LogP contribution in [-0.4, -0.2) is 21.5 Å². The number of hydrogen-bond donors (Lipinski definition) is 1. The standard InChI is InChI=1S/C12H14N4/c13-7-3-5-12-15-9-6-11(16-12)10-4-1-2-8-14-10/h1-2,4,6,8-9H,3,5,7,13H2. The Morgan fingerprint density at radius 2 is 1.94 bits per heavy atom. The highest BCUT2D eigenvalue weighted by molar-refractivity contribution is 5.52. The molecule has 2 aromatic rings. The zero-order valence-corrected chi connectivity index (χ0v) is 9.00. The summed E-state index contributed by atoms with van der Waals surface area (Å²) in [5.41, 5.74) is 7.20. The first-order valence-electron chi connectivity index (χ1n) is 5.33. The second-order valence-corrected chi connectivity index (χ2v) is 3.47. The van der Waals surface area contributed by atoms with Gasteiger partial charge in [0.25, 0.3) is 0 Å². The predicted molar refractivity (Wildman–Crippen MR) is 62.6 cm³/mol. The molecular weight excluding hydrogens is 200 g/mol. The van der Waals surface area contributed by atoms with Gasteiger partial charge in [-0.25, -0.2) is 9.97 Å². The van der Waals surface area contributed by atoms with Gasteiger partial charge < -0.3 is 5.73 Å². The molecule has 0 bridgehead atoms. The normalized spacial score (nSPS) is 10.3. The zero-order valence-electron chi connectivity index (χ0n) is 9.00. The monoisotopic (exact) mass is 214 g/mol. The molecule has 0 unspecified atom stereocenters. The lowest BCUT2D eigenvalue weighted by molar-refractivity contribution is 0.781. The molecule has 0 radical (unpaired) electrons. The van der Waals surface area contributed by atoms with Crippen LogP contribution in [0.2, 0.25) is 0 Å². The Bertz CT molecular complexity index is 442. The van der Waals surface area contributed by atoms with E-state index in [-0.39, 0.29) is 0 Å². The molecule has 2 heterocycles. The van der Waals surface area contributed by atoms with E-state index in [1.807, 2.05) is 24.3 Å². The average Bonchev–Trinajstić information content (AvgIpc) is 2.38. The van der Waals surface area contributed by atoms with Crippen molar-refractivity contribution in [3.05, 3.63) is 42.5 Å². The van der Waals surface area contributed by atoms with Crippen molar-refractivity contribution in [3.8, 4) is 11.4 Å². The summed E-state index contributed by atoms with van der Waals surface area (Å²) in [5, 5.41) is 0. The molecule has 82 valence electrons. The van der Waals surface area contributed by atoms with Gasteiger partial charge in [0.1, 0.15) is 5.82 Å². The van der Waals surface area contributed by atoms with E-state index in [2.05, 4.69) is 15.0 Å². The lowest BCUT2D eigenvalue weighted by Crippen LogP contribution is -2.03. The van der Waals surface area contributed by atoms with Gasteiger partial charge in [-0.15, -0.1) is 0 Å². The molecule has 0 saturated carbocycles. The molecule has 0 fully saturated rings. The fourth-order valence-electron chi connectivity index (χ4n) is 1.44. The Labute approximate surface area is 94.6 Å². The maximum atomic E-state index is 5.46. The molecule has 0 aliphatic carbocycles. The van der Waals surface area contributed by atoms with Crippen LogP contribution in [0, 0.1) is 0 Å². The van der Waals surface area contributed by atoms with Crippen LogP contribution in [0.4, 0.5) is 0 Å². The summed E-state index contributed by atoms with van der Waals surface area (Å²) in [6.07, 6.45) is 5.25. The molecule has 0 aliphatic rings. The van der Waals surface area contributed by atoms with Crippen LogP contribution in [0.25, 0.3) is 11.4 Å². The third-order valence-corrected chi connectivity index (χ3v) is 2.24. The van der Waals surface area contributed by atoms with Crippen molar-refractivity contribution >= 4 is 0 Å². The summed E-state index contributed by atoms with van der Waals surface area (Å²) in [5.74, 6) is 0.827. The number of nitrogens with zero attached hydrogens (tertiary/aromatic N) is 3. The van der Waals surface area contributed by atoms with Gasteiger partial charge >= 0.3 is 0 Å². The highest BCUT2D eigenvalue weighted by atomic mass is 14.9. The quantitative estimate of drug-likeness (QED) is 0.836. The van der Waals surface area contributed by atoms with E-state index in [1.165, 1.54) is 0 Å². The van der Waals surface area contributed by atoms with Crippen molar-refractivity contribution in [2.75, 3.05) is 6.54 Å². The molecule has 0 aliphatic heterocycles. The van der Waals surface area contributed by atoms with E-state index in [0.29, 0.717) is 6.54 Å². The second-order valence-electron chi connectivity index (χ2n) is 3.47. The number of nitrogens with two attached hydrogens (primary N) is 1. The van der Waals surface area contributed by atoms with Crippen molar-refractivity contribution in [3.63, 3.8) is 0 Å². The van der Waals surface area contributed by atoms with Crippen LogP contribution in [0.15, 0.2) is 36.7 Å². The van der Waals surface area contributed by atoms with Crippen molar-refractivity contribution in [2.45, 2.75) is 12.8 Å². The van der Waals surface area contributed by atoms with Gasteiger partial charge in [0.15, 0.2) is 0 Å². The van der Waals surface area contributed by atoms with Gasteiger partial charge in [-0.2, -0.15) is 0 Å². The summed E-state index contributed by atoms with van der Waals surface area (Å²) < 4.78 is 0. The summed E-state index contributed by atoms with van der Waals surface area (Å²) in [6, 6.07) is 7.65. The van der Waals surface area contributed by atoms with Crippen molar-refractivity contribution < 1.29 is 0 Å². The number of aromatic nitrogens is 3. The minimum Gasteiger partial charge on any atom is -0.330 e. The molecule has 0 amide bonds. The van der Waals surface area contributed by atoms with Gasteiger partial charge in [0, 0.05) is 18.8 Å². The number of hydrogen-bond acceptors (Lipinski definition) is 4. The van der Waals surface area contributed by atoms with Gasteiger partial charge in [0.2, 0.25) is 0 Å². The number of aryl methyl sites for hydroxylation is 1. The van der Waals surface area contributed by atoms with E-state index >= 15 is 0 Å².